The summed E-state index contributed by atoms with van der Waals surface area (Å²) in [5.74, 6) is -0.326. The van der Waals surface area contributed by atoms with Gasteiger partial charge in [0.2, 0.25) is 0 Å². The number of hydrogen-bond donors (Lipinski definition) is 0. The molecule has 0 atom stereocenters. The Kier molecular flexibility index (Phi) is 4.71. The standard InChI is InChI=1S/C5H3BrFN.C4H4N2/c6-5-4(7)2-1-3-8-5;1-2-5-4-6-3-1/h1-3H;1-4H. The fourth-order valence-electron chi connectivity index (χ4n) is 0.620. The maximum atomic E-state index is 12.2. The van der Waals surface area contributed by atoms with Crippen molar-refractivity contribution in [1.82, 2.24) is 15.0 Å². The highest BCUT2D eigenvalue weighted by Crippen LogP contribution is 2.08. The predicted molar refractivity (Wildman–Crippen MR) is 53.9 cm³/mol. The average Bonchev–Trinajstić information content (AvgIpc) is 2.26. The molecule has 0 N–H and O–H groups in total. The molecule has 0 saturated carbocycles. The third-order valence-corrected chi connectivity index (χ3v) is 1.77. The Morgan fingerprint density at radius 2 is 1.79 bits per heavy atom. The van der Waals surface area contributed by atoms with Gasteiger partial charge in [-0.25, -0.2) is 19.3 Å². The van der Waals surface area contributed by atoms with E-state index in [4.69, 9.17) is 0 Å². The first-order valence-electron chi connectivity index (χ1n) is 3.76. The highest BCUT2D eigenvalue weighted by Gasteiger charge is 1.92. The van der Waals surface area contributed by atoms with Gasteiger partial charge in [-0.3, -0.25) is 0 Å². The maximum Gasteiger partial charge on any atom is 0.155 e. The number of rotatable bonds is 0. The van der Waals surface area contributed by atoms with Crippen LogP contribution < -0.4 is 0 Å². The van der Waals surface area contributed by atoms with Crippen LogP contribution >= 0.6 is 15.9 Å². The summed E-state index contributed by atoms with van der Waals surface area (Å²) in [6.45, 7) is 0. The molecule has 0 radical (unpaired) electrons. The smallest absolute Gasteiger partial charge is 0.155 e. The number of pyridine rings is 1. The van der Waals surface area contributed by atoms with Crippen LogP contribution in [0.3, 0.4) is 0 Å². The fourth-order valence-corrected chi connectivity index (χ4v) is 0.870. The van der Waals surface area contributed by atoms with Crippen molar-refractivity contribution in [2.24, 2.45) is 0 Å². The molecular formula is C9H7BrFN3. The van der Waals surface area contributed by atoms with E-state index in [-0.39, 0.29) is 10.4 Å². The molecule has 14 heavy (non-hydrogen) atoms. The molecule has 2 aromatic rings. The average molecular weight is 256 g/mol. The predicted octanol–water partition coefficient (Wildman–Crippen LogP) is 2.46. The lowest BCUT2D eigenvalue weighted by atomic mass is 10.5. The Morgan fingerprint density at radius 3 is 2.07 bits per heavy atom. The van der Waals surface area contributed by atoms with Gasteiger partial charge in [-0.15, -0.1) is 0 Å². The molecule has 0 fully saturated rings. The minimum Gasteiger partial charge on any atom is -0.246 e. The molecule has 0 bridgehead atoms. The van der Waals surface area contributed by atoms with Crippen molar-refractivity contribution in [3.63, 3.8) is 0 Å². The van der Waals surface area contributed by atoms with Gasteiger partial charge in [-0.05, 0) is 34.1 Å². The van der Waals surface area contributed by atoms with Crippen molar-refractivity contribution in [2.45, 2.75) is 0 Å². The van der Waals surface area contributed by atoms with Crippen molar-refractivity contribution >= 4 is 15.9 Å². The molecule has 72 valence electrons. The van der Waals surface area contributed by atoms with Gasteiger partial charge < -0.3 is 0 Å². The van der Waals surface area contributed by atoms with Gasteiger partial charge in [0.05, 0.1) is 0 Å². The van der Waals surface area contributed by atoms with Crippen LogP contribution in [0.1, 0.15) is 0 Å². The normalized spacial score (nSPS) is 8.71. The Bertz CT molecular complexity index is 322. The summed E-state index contributed by atoms with van der Waals surface area (Å²) in [4.78, 5) is 11.0. The van der Waals surface area contributed by atoms with E-state index in [0.717, 1.165) is 0 Å². The van der Waals surface area contributed by atoms with Crippen molar-refractivity contribution in [3.05, 3.63) is 53.5 Å². The zero-order chi connectivity index (χ0) is 10.2. The number of nitrogens with zero attached hydrogens (tertiary/aromatic N) is 3. The summed E-state index contributed by atoms with van der Waals surface area (Å²) in [7, 11) is 0. The van der Waals surface area contributed by atoms with Crippen LogP contribution in [-0.2, 0) is 0 Å². The largest absolute Gasteiger partial charge is 0.246 e. The second kappa shape index (κ2) is 6.15. The van der Waals surface area contributed by atoms with E-state index in [1.807, 2.05) is 0 Å². The van der Waals surface area contributed by atoms with E-state index in [1.54, 1.807) is 24.5 Å². The maximum absolute atomic E-state index is 12.2. The van der Waals surface area contributed by atoms with Crippen LogP contribution in [0, 0.1) is 5.82 Å². The van der Waals surface area contributed by atoms with Crippen LogP contribution in [-0.4, -0.2) is 15.0 Å². The summed E-state index contributed by atoms with van der Waals surface area (Å²) >= 11 is 2.91. The molecule has 0 aliphatic carbocycles. The number of aromatic nitrogens is 3. The number of halogens is 2. The van der Waals surface area contributed by atoms with Gasteiger partial charge in [-0.2, -0.15) is 0 Å². The third-order valence-electron chi connectivity index (χ3n) is 1.19. The van der Waals surface area contributed by atoms with Crippen LogP contribution in [0.15, 0.2) is 47.7 Å². The van der Waals surface area contributed by atoms with E-state index in [0.29, 0.717) is 0 Å². The Balaban J connectivity index is 0.000000146. The van der Waals surface area contributed by atoms with E-state index in [9.17, 15) is 4.39 Å². The first-order chi connectivity index (χ1) is 6.80. The van der Waals surface area contributed by atoms with Gasteiger partial charge in [0.25, 0.3) is 0 Å². The second-order valence-electron chi connectivity index (χ2n) is 2.18. The van der Waals surface area contributed by atoms with Gasteiger partial charge in [-0.1, -0.05) is 0 Å². The highest BCUT2D eigenvalue weighted by molar-refractivity contribution is 9.10. The monoisotopic (exact) mass is 255 g/mol. The molecular weight excluding hydrogens is 249 g/mol. The zero-order valence-electron chi connectivity index (χ0n) is 7.14. The minimum absolute atomic E-state index is 0.264. The van der Waals surface area contributed by atoms with Crippen molar-refractivity contribution < 1.29 is 4.39 Å². The molecule has 0 aliphatic heterocycles. The lowest BCUT2D eigenvalue weighted by Gasteiger charge is -1.86. The first kappa shape index (κ1) is 10.7. The van der Waals surface area contributed by atoms with E-state index >= 15 is 0 Å². The summed E-state index contributed by atoms with van der Waals surface area (Å²) in [6.07, 6.45) is 6.40. The topological polar surface area (TPSA) is 38.7 Å². The quantitative estimate of drug-likeness (QED) is 0.679. The molecule has 2 rings (SSSR count). The molecule has 0 saturated heterocycles. The third kappa shape index (κ3) is 4.04. The summed E-state index contributed by atoms with van der Waals surface area (Å²) in [5, 5.41) is 0. The van der Waals surface area contributed by atoms with Gasteiger partial charge in [0.1, 0.15) is 10.9 Å². The Labute approximate surface area is 89.2 Å². The highest BCUT2D eigenvalue weighted by atomic mass is 79.9. The van der Waals surface area contributed by atoms with Crippen LogP contribution in [0.4, 0.5) is 4.39 Å². The van der Waals surface area contributed by atoms with E-state index in [2.05, 4.69) is 30.9 Å². The SMILES string of the molecule is Fc1cccnc1Br.c1cncnc1. The summed E-state index contributed by atoms with van der Waals surface area (Å²) in [6, 6.07) is 4.66. The molecule has 0 aromatic carbocycles. The van der Waals surface area contributed by atoms with E-state index < -0.39 is 0 Å². The summed E-state index contributed by atoms with van der Waals surface area (Å²) in [5.41, 5.74) is 0. The number of hydrogen-bond acceptors (Lipinski definition) is 3. The van der Waals surface area contributed by atoms with Crippen molar-refractivity contribution in [1.29, 1.82) is 0 Å². The molecule has 2 aromatic heterocycles. The fraction of sp³-hybridized carbons (Fsp3) is 0. The summed E-state index contributed by atoms with van der Waals surface area (Å²) < 4.78 is 12.5. The molecule has 0 amide bonds. The van der Waals surface area contributed by atoms with Gasteiger partial charge in [0, 0.05) is 18.6 Å². The second-order valence-corrected chi connectivity index (χ2v) is 2.93. The zero-order valence-corrected chi connectivity index (χ0v) is 8.73. The molecule has 5 heteroatoms. The van der Waals surface area contributed by atoms with Gasteiger partial charge in [0.15, 0.2) is 5.82 Å². The first-order valence-corrected chi connectivity index (χ1v) is 4.56. The molecule has 2 heterocycles. The van der Waals surface area contributed by atoms with Gasteiger partial charge >= 0.3 is 0 Å². The molecule has 3 nitrogen and oxygen atoms in total. The molecule has 0 aliphatic rings. The van der Waals surface area contributed by atoms with Crippen LogP contribution in [0.2, 0.25) is 0 Å². The van der Waals surface area contributed by atoms with Crippen molar-refractivity contribution in [3.8, 4) is 0 Å². The Morgan fingerprint density at radius 1 is 1.07 bits per heavy atom. The lowest BCUT2D eigenvalue weighted by Crippen LogP contribution is -1.77. The van der Waals surface area contributed by atoms with Crippen LogP contribution in [0.5, 0.6) is 0 Å². The van der Waals surface area contributed by atoms with E-state index in [1.165, 1.54) is 18.6 Å². The molecule has 0 spiro atoms. The minimum atomic E-state index is -0.326. The lowest BCUT2D eigenvalue weighted by molar-refractivity contribution is 0.613. The Hall–Kier alpha value is -1.36. The molecule has 0 unspecified atom stereocenters. The van der Waals surface area contributed by atoms with Crippen molar-refractivity contribution in [2.75, 3.05) is 0 Å². The van der Waals surface area contributed by atoms with Crippen LogP contribution in [0.25, 0.3) is 0 Å².